The Morgan fingerprint density at radius 2 is 1.79 bits per heavy atom. The Morgan fingerprint density at radius 1 is 1.00 bits per heavy atom. The molecule has 3 heterocycles. The van der Waals surface area contributed by atoms with Crippen LogP contribution >= 0.6 is 11.6 Å². The van der Waals surface area contributed by atoms with Gasteiger partial charge in [0.1, 0.15) is 5.69 Å². The van der Waals surface area contributed by atoms with Crippen molar-refractivity contribution in [3.05, 3.63) is 107 Å². The largest absolute Gasteiger partial charge is 0.322 e. The number of carbonyl (C=O) groups is 1. The Labute approximate surface area is 173 Å². The highest BCUT2D eigenvalue weighted by atomic mass is 35.5. The Kier molecular flexibility index (Phi) is 4.37. The first-order chi connectivity index (χ1) is 14.2. The number of halogens is 1. The van der Waals surface area contributed by atoms with E-state index in [4.69, 9.17) is 11.6 Å². The number of aromatic amines is 1. The molecule has 5 nitrogen and oxygen atoms in total. The van der Waals surface area contributed by atoms with Gasteiger partial charge in [-0.3, -0.25) is 14.9 Å². The molecule has 0 saturated heterocycles. The Balaban J connectivity index is 1.68. The molecule has 4 aromatic rings. The summed E-state index contributed by atoms with van der Waals surface area (Å²) < 4.78 is 0. The lowest BCUT2D eigenvalue weighted by Crippen LogP contribution is -2.29. The molecule has 0 spiro atoms. The highest BCUT2D eigenvalue weighted by molar-refractivity contribution is 6.31. The molecule has 1 aliphatic rings. The molecular formula is C23H17ClN4O. The number of carbonyl (C=O) groups excluding carboxylic acids is 1. The number of benzene rings is 2. The van der Waals surface area contributed by atoms with Crippen LogP contribution in [0, 0.1) is 0 Å². The van der Waals surface area contributed by atoms with Crippen molar-refractivity contribution in [1.29, 1.82) is 0 Å². The minimum absolute atomic E-state index is 0.0940. The van der Waals surface area contributed by atoms with Crippen LogP contribution in [0.1, 0.15) is 33.2 Å². The van der Waals surface area contributed by atoms with E-state index in [-0.39, 0.29) is 11.9 Å². The second-order valence-corrected chi connectivity index (χ2v) is 7.35. The van der Waals surface area contributed by atoms with Gasteiger partial charge in [-0.15, -0.1) is 0 Å². The van der Waals surface area contributed by atoms with E-state index in [0.29, 0.717) is 17.3 Å². The van der Waals surface area contributed by atoms with Gasteiger partial charge < -0.3 is 4.90 Å². The maximum Gasteiger partial charge on any atom is 0.273 e. The molecule has 1 aliphatic heterocycles. The van der Waals surface area contributed by atoms with Crippen molar-refractivity contribution >= 4 is 17.5 Å². The molecule has 1 atom stereocenters. The Morgan fingerprint density at radius 3 is 2.55 bits per heavy atom. The summed E-state index contributed by atoms with van der Waals surface area (Å²) in [6.45, 7) is 0.430. The number of aromatic nitrogens is 3. The summed E-state index contributed by atoms with van der Waals surface area (Å²) >= 11 is 6.57. The zero-order chi connectivity index (χ0) is 19.8. The van der Waals surface area contributed by atoms with Gasteiger partial charge in [0.2, 0.25) is 0 Å². The van der Waals surface area contributed by atoms with Crippen LogP contribution in [0.5, 0.6) is 0 Å². The number of pyridine rings is 1. The third kappa shape index (κ3) is 3.00. The fourth-order valence-electron chi connectivity index (χ4n) is 3.88. The van der Waals surface area contributed by atoms with E-state index in [1.54, 1.807) is 12.4 Å². The SMILES string of the molecule is O=C1c2[nH]nc(-c3ccccc3)c2C(c2ccccc2Cl)N1Cc1cccnc1. The molecule has 1 N–H and O–H groups in total. The average Bonchev–Trinajstić information content (AvgIpc) is 3.30. The lowest BCUT2D eigenvalue weighted by atomic mass is 9.96. The van der Waals surface area contributed by atoms with Crippen LogP contribution < -0.4 is 0 Å². The van der Waals surface area contributed by atoms with Crippen molar-refractivity contribution in [3.8, 4) is 11.3 Å². The number of nitrogens with one attached hydrogen (secondary N) is 1. The maximum atomic E-state index is 13.3. The molecule has 1 amide bonds. The topological polar surface area (TPSA) is 61.9 Å². The third-order valence-electron chi connectivity index (χ3n) is 5.19. The molecule has 1 unspecified atom stereocenters. The molecule has 0 aliphatic carbocycles. The van der Waals surface area contributed by atoms with Crippen LogP contribution in [0.15, 0.2) is 79.1 Å². The number of nitrogens with zero attached hydrogens (tertiary/aromatic N) is 3. The van der Waals surface area contributed by atoms with Crippen molar-refractivity contribution in [2.75, 3.05) is 0 Å². The monoisotopic (exact) mass is 400 g/mol. The van der Waals surface area contributed by atoms with Crippen LogP contribution in [-0.4, -0.2) is 26.0 Å². The van der Waals surface area contributed by atoms with Crippen molar-refractivity contribution in [1.82, 2.24) is 20.1 Å². The van der Waals surface area contributed by atoms with Crippen LogP contribution in [0.2, 0.25) is 5.02 Å². The van der Waals surface area contributed by atoms with Gasteiger partial charge in [0.05, 0.1) is 11.7 Å². The first-order valence-corrected chi connectivity index (χ1v) is 9.70. The van der Waals surface area contributed by atoms with Crippen molar-refractivity contribution < 1.29 is 4.79 Å². The third-order valence-corrected chi connectivity index (χ3v) is 5.53. The molecule has 2 aromatic carbocycles. The number of rotatable bonds is 4. The summed E-state index contributed by atoms with van der Waals surface area (Å²) in [6.07, 6.45) is 3.50. The first kappa shape index (κ1) is 17.6. The van der Waals surface area contributed by atoms with Crippen molar-refractivity contribution in [2.45, 2.75) is 12.6 Å². The second kappa shape index (κ2) is 7.18. The molecule has 6 heteroatoms. The molecular weight excluding hydrogens is 384 g/mol. The second-order valence-electron chi connectivity index (χ2n) is 6.95. The van der Waals surface area contributed by atoms with E-state index in [9.17, 15) is 4.79 Å². The Hall–Kier alpha value is -3.44. The Bertz CT molecular complexity index is 1170. The zero-order valence-electron chi connectivity index (χ0n) is 15.4. The van der Waals surface area contributed by atoms with E-state index in [1.807, 2.05) is 71.6 Å². The van der Waals surface area contributed by atoms with Gasteiger partial charge >= 0.3 is 0 Å². The standard InChI is InChI=1S/C23H17ClN4O/c24-18-11-5-4-10-17(18)22-19-20(16-8-2-1-3-9-16)26-27-21(19)23(29)28(22)14-15-7-6-12-25-13-15/h1-13,22H,14H2,(H,26,27). The van der Waals surface area contributed by atoms with Gasteiger partial charge in [0.15, 0.2) is 0 Å². The fraction of sp³-hybridized carbons (Fsp3) is 0.0870. The lowest BCUT2D eigenvalue weighted by molar-refractivity contribution is 0.0730. The molecule has 0 fully saturated rings. The normalized spacial score (nSPS) is 15.6. The number of hydrogen-bond acceptors (Lipinski definition) is 3. The predicted octanol–water partition coefficient (Wildman–Crippen LogP) is 4.87. The van der Waals surface area contributed by atoms with Crippen LogP contribution in [0.4, 0.5) is 0 Å². The van der Waals surface area contributed by atoms with Crippen molar-refractivity contribution in [3.63, 3.8) is 0 Å². The number of amides is 1. The predicted molar refractivity (Wildman–Crippen MR) is 111 cm³/mol. The zero-order valence-corrected chi connectivity index (χ0v) is 16.2. The minimum Gasteiger partial charge on any atom is -0.322 e. The molecule has 2 aromatic heterocycles. The smallest absolute Gasteiger partial charge is 0.273 e. The summed E-state index contributed by atoms with van der Waals surface area (Å²) in [6, 6.07) is 21.0. The minimum atomic E-state index is -0.333. The van der Waals surface area contributed by atoms with Gasteiger partial charge in [0.25, 0.3) is 5.91 Å². The first-order valence-electron chi connectivity index (χ1n) is 9.32. The number of H-pyrrole nitrogens is 1. The summed E-state index contributed by atoms with van der Waals surface area (Å²) in [5, 5.41) is 8.07. The molecule has 142 valence electrons. The number of hydrogen-bond donors (Lipinski definition) is 1. The lowest BCUT2D eigenvalue weighted by Gasteiger charge is -2.27. The van der Waals surface area contributed by atoms with Gasteiger partial charge in [0, 0.05) is 35.1 Å². The summed E-state index contributed by atoms with van der Waals surface area (Å²) in [5.74, 6) is -0.0940. The number of fused-ring (bicyclic) bond motifs is 1. The highest BCUT2D eigenvalue weighted by Crippen LogP contribution is 2.45. The van der Waals surface area contributed by atoms with Gasteiger partial charge in [-0.05, 0) is 23.3 Å². The van der Waals surface area contributed by atoms with Crippen LogP contribution in [0.25, 0.3) is 11.3 Å². The van der Waals surface area contributed by atoms with E-state index in [0.717, 1.165) is 27.9 Å². The van der Waals surface area contributed by atoms with E-state index in [1.165, 1.54) is 0 Å². The highest BCUT2D eigenvalue weighted by Gasteiger charge is 2.42. The van der Waals surface area contributed by atoms with E-state index in [2.05, 4.69) is 15.2 Å². The van der Waals surface area contributed by atoms with E-state index < -0.39 is 0 Å². The van der Waals surface area contributed by atoms with E-state index >= 15 is 0 Å². The van der Waals surface area contributed by atoms with Crippen LogP contribution in [0.3, 0.4) is 0 Å². The van der Waals surface area contributed by atoms with Crippen LogP contribution in [-0.2, 0) is 6.54 Å². The van der Waals surface area contributed by atoms with Crippen molar-refractivity contribution in [2.24, 2.45) is 0 Å². The summed E-state index contributed by atoms with van der Waals surface area (Å²) in [5.41, 5.74) is 4.93. The average molecular weight is 401 g/mol. The summed E-state index contributed by atoms with van der Waals surface area (Å²) in [7, 11) is 0. The molecule has 0 radical (unpaired) electrons. The molecule has 29 heavy (non-hydrogen) atoms. The van der Waals surface area contributed by atoms with Gasteiger partial charge in [-0.2, -0.15) is 5.10 Å². The molecule has 0 saturated carbocycles. The molecule has 5 rings (SSSR count). The quantitative estimate of drug-likeness (QED) is 0.531. The van der Waals surface area contributed by atoms with Gasteiger partial charge in [-0.25, -0.2) is 0 Å². The maximum absolute atomic E-state index is 13.3. The summed E-state index contributed by atoms with van der Waals surface area (Å²) in [4.78, 5) is 19.3. The van der Waals surface area contributed by atoms with Gasteiger partial charge in [-0.1, -0.05) is 66.2 Å². The fourth-order valence-corrected chi connectivity index (χ4v) is 4.12. The molecule has 0 bridgehead atoms.